The second-order valence-corrected chi connectivity index (χ2v) is 4.72. The molecule has 0 radical (unpaired) electrons. The SMILES string of the molecule is Nc1cccc2c1CCN2Cc1c(F)cccc1F. The summed E-state index contributed by atoms with van der Waals surface area (Å²) < 4.78 is 27.3. The number of anilines is 2. The number of benzene rings is 2. The van der Waals surface area contributed by atoms with E-state index in [-0.39, 0.29) is 12.1 Å². The molecule has 2 nitrogen and oxygen atoms in total. The van der Waals surface area contributed by atoms with E-state index in [0.717, 1.165) is 29.9 Å². The summed E-state index contributed by atoms with van der Waals surface area (Å²) in [6.45, 7) is 0.965. The third kappa shape index (κ3) is 2.03. The largest absolute Gasteiger partial charge is 0.398 e. The summed E-state index contributed by atoms with van der Waals surface area (Å²) in [6, 6.07) is 9.61. The fourth-order valence-electron chi connectivity index (χ4n) is 2.57. The minimum absolute atomic E-state index is 0.109. The Balaban J connectivity index is 1.93. The number of fused-ring (bicyclic) bond motifs is 1. The zero-order valence-corrected chi connectivity index (χ0v) is 10.4. The standard InChI is InChI=1S/C15H14F2N2/c16-12-3-1-4-13(17)11(12)9-19-8-7-10-14(18)5-2-6-15(10)19/h1-6H,7-9,18H2. The smallest absolute Gasteiger partial charge is 0.131 e. The van der Waals surface area contributed by atoms with Gasteiger partial charge in [-0.15, -0.1) is 0 Å². The highest BCUT2D eigenvalue weighted by Crippen LogP contribution is 2.33. The molecule has 0 aliphatic carbocycles. The third-order valence-corrected chi connectivity index (χ3v) is 3.57. The van der Waals surface area contributed by atoms with Gasteiger partial charge in [0.1, 0.15) is 11.6 Å². The van der Waals surface area contributed by atoms with E-state index < -0.39 is 11.6 Å². The summed E-state index contributed by atoms with van der Waals surface area (Å²) in [7, 11) is 0. The Labute approximate surface area is 110 Å². The van der Waals surface area contributed by atoms with Crippen molar-refractivity contribution in [3.05, 3.63) is 59.2 Å². The van der Waals surface area contributed by atoms with E-state index in [1.165, 1.54) is 18.2 Å². The molecule has 1 aliphatic rings. The van der Waals surface area contributed by atoms with Crippen LogP contribution in [-0.4, -0.2) is 6.54 Å². The minimum Gasteiger partial charge on any atom is -0.398 e. The van der Waals surface area contributed by atoms with Gasteiger partial charge in [0.25, 0.3) is 0 Å². The quantitative estimate of drug-likeness (QED) is 0.841. The first-order valence-electron chi connectivity index (χ1n) is 6.22. The van der Waals surface area contributed by atoms with Gasteiger partial charge >= 0.3 is 0 Å². The first-order chi connectivity index (χ1) is 9.16. The molecule has 19 heavy (non-hydrogen) atoms. The van der Waals surface area contributed by atoms with Crippen LogP contribution in [0, 0.1) is 11.6 Å². The van der Waals surface area contributed by atoms with Gasteiger partial charge in [0.15, 0.2) is 0 Å². The first kappa shape index (κ1) is 12.0. The number of hydrogen-bond acceptors (Lipinski definition) is 2. The Bertz CT molecular complexity index is 605. The predicted molar refractivity (Wildman–Crippen MR) is 72.0 cm³/mol. The van der Waals surface area contributed by atoms with Crippen LogP contribution in [0.5, 0.6) is 0 Å². The summed E-state index contributed by atoms with van der Waals surface area (Å²) in [6.07, 6.45) is 0.818. The zero-order chi connectivity index (χ0) is 13.4. The highest BCUT2D eigenvalue weighted by molar-refractivity contribution is 5.68. The van der Waals surface area contributed by atoms with E-state index in [1.54, 1.807) is 0 Å². The van der Waals surface area contributed by atoms with Crippen molar-refractivity contribution in [1.29, 1.82) is 0 Å². The monoisotopic (exact) mass is 260 g/mol. The van der Waals surface area contributed by atoms with Crippen molar-refractivity contribution in [1.82, 2.24) is 0 Å². The summed E-state index contributed by atoms with van der Waals surface area (Å²) >= 11 is 0. The Kier molecular flexibility index (Phi) is 2.85. The lowest BCUT2D eigenvalue weighted by atomic mass is 10.1. The molecule has 2 N–H and O–H groups in total. The van der Waals surface area contributed by atoms with Gasteiger partial charge in [0, 0.05) is 35.6 Å². The van der Waals surface area contributed by atoms with Crippen molar-refractivity contribution in [2.75, 3.05) is 17.2 Å². The number of nitrogens with two attached hydrogens (primary N) is 1. The lowest BCUT2D eigenvalue weighted by molar-refractivity contribution is 0.551. The molecule has 0 amide bonds. The molecule has 0 saturated carbocycles. The molecular formula is C15H14F2N2. The first-order valence-corrected chi connectivity index (χ1v) is 6.22. The maximum Gasteiger partial charge on any atom is 0.131 e. The highest BCUT2D eigenvalue weighted by Gasteiger charge is 2.22. The van der Waals surface area contributed by atoms with Crippen molar-refractivity contribution in [2.24, 2.45) is 0 Å². The van der Waals surface area contributed by atoms with Crippen molar-refractivity contribution in [2.45, 2.75) is 13.0 Å². The molecule has 0 spiro atoms. The van der Waals surface area contributed by atoms with Gasteiger partial charge < -0.3 is 10.6 Å². The van der Waals surface area contributed by atoms with Crippen LogP contribution in [0.1, 0.15) is 11.1 Å². The third-order valence-electron chi connectivity index (χ3n) is 3.57. The molecule has 3 rings (SSSR count). The predicted octanol–water partition coefficient (Wildman–Crippen LogP) is 3.11. The van der Waals surface area contributed by atoms with Crippen molar-refractivity contribution in [3.8, 4) is 0 Å². The van der Waals surface area contributed by atoms with E-state index in [9.17, 15) is 8.78 Å². The molecule has 2 aromatic rings. The van der Waals surface area contributed by atoms with Gasteiger partial charge in [-0.05, 0) is 30.7 Å². The summed E-state index contributed by atoms with van der Waals surface area (Å²) in [5.74, 6) is -1.00. The van der Waals surface area contributed by atoms with Gasteiger partial charge in [0.05, 0.1) is 0 Å². The van der Waals surface area contributed by atoms with Crippen molar-refractivity contribution < 1.29 is 8.78 Å². The van der Waals surface area contributed by atoms with Crippen LogP contribution in [-0.2, 0) is 13.0 Å². The van der Waals surface area contributed by atoms with Gasteiger partial charge in [-0.25, -0.2) is 8.78 Å². The van der Waals surface area contributed by atoms with Crippen LogP contribution in [0.25, 0.3) is 0 Å². The van der Waals surface area contributed by atoms with E-state index in [4.69, 9.17) is 5.73 Å². The second-order valence-electron chi connectivity index (χ2n) is 4.72. The van der Waals surface area contributed by atoms with Crippen LogP contribution >= 0.6 is 0 Å². The molecule has 98 valence electrons. The van der Waals surface area contributed by atoms with Crippen LogP contribution in [0.15, 0.2) is 36.4 Å². The Morgan fingerprint density at radius 1 is 1.05 bits per heavy atom. The van der Waals surface area contributed by atoms with Gasteiger partial charge in [-0.1, -0.05) is 12.1 Å². The number of nitrogens with zero attached hydrogens (tertiary/aromatic N) is 1. The topological polar surface area (TPSA) is 29.3 Å². The number of rotatable bonds is 2. The molecule has 1 heterocycles. The average Bonchev–Trinajstić information content (AvgIpc) is 2.79. The lowest BCUT2D eigenvalue weighted by Crippen LogP contribution is -2.21. The van der Waals surface area contributed by atoms with Crippen LogP contribution in [0.3, 0.4) is 0 Å². The van der Waals surface area contributed by atoms with E-state index in [0.29, 0.717) is 0 Å². The van der Waals surface area contributed by atoms with E-state index in [2.05, 4.69) is 0 Å². The number of nitrogen functional groups attached to an aromatic ring is 1. The lowest BCUT2D eigenvalue weighted by Gasteiger charge is -2.20. The average molecular weight is 260 g/mol. The Morgan fingerprint density at radius 3 is 2.47 bits per heavy atom. The van der Waals surface area contributed by atoms with Crippen molar-refractivity contribution in [3.63, 3.8) is 0 Å². The maximum atomic E-state index is 13.7. The van der Waals surface area contributed by atoms with Crippen molar-refractivity contribution >= 4 is 11.4 Å². The maximum absolute atomic E-state index is 13.7. The van der Waals surface area contributed by atoms with Crippen LogP contribution in [0.4, 0.5) is 20.2 Å². The fraction of sp³-hybridized carbons (Fsp3) is 0.200. The fourth-order valence-corrected chi connectivity index (χ4v) is 2.57. The molecule has 0 fully saturated rings. The van der Waals surface area contributed by atoms with Gasteiger partial charge in [0.2, 0.25) is 0 Å². The van der Waals surface area contributed by atoms with E-state index >= 15 is 0 Å². The Hall–Kier alpha value is -2.10. The van der Waals surface area contributed by atoms with Gasteiger partial charge in [-0.3, -0.25) is 0 Å². The molecule has 4 heteroatoms. The number of halogens is 2. The van der Waals surface area contributed by atoms with Gasteiger partial charge in [-0.2, -0.15) is 0 Å². The van der Waals surface area contributed by atoms with E-state index in [1.807, 2.05) is 23.1 Å². The van der Waals surface area contributed by atoms with Crippen LogP contribution in [0.2, 0.25) is 0 Å². The Morgan fingerprint density at radius 2 is 1.74 bits per heavy atom. The zero-order valence-electron chi connectivity index (χ0n) is 10.4. The molecule has 0 bridgehead atoms. The molecule has 0 atom stereocenters. The molecule has 2 aromatic carbocycles. The van der Waals surface area contributed by atoms with Crippen LogP contribution < -0.4 is 10.6 Å². The molecular weight excluding hydrogens is 246 g/mol. The molecule has 0 aromatic heterocycles. The second kappa shape index (κ2) is 4.53. The minimum atomic E-state index is -0.502. The molecule has 0 unspecified atom stereocenters. The summed E-state index contributed by atoms with van der Waals surface area (Å²) in [5.41, 5.74) is 8.81. The molecule has 1 aliphatic heterocycles. The summed E-state index contributed by atoms with van der Waals surface area (Å²) in [5, 5.41) is 0. The summed E-state index contributed by atoms with van der Waals surface area (Å²) in [4.78, 5) is 1.97. The highest BCUT2D eigenvalue weighted by atomic mass is 19.1. The number of hydrogen-bond donors (Lipinski definition) is 1. The molecule has 0 saturated heterocycles. The normalized spacial score (nSPS) is 13.7.